The number of nitrogens with zero attached hydrogens (tertiary/aromatic N) is 2. The zero-order valence-corrected chi connectivity index (χ0v) is 20.2. The van der Waals surface area contributed by atoms with Gasteiger partial charge in [0.15, 0.2) is 29.7 Å². The minimum Gasteiger partial charge on any atom is -0.234 e. The maximum atomic E-state index is 13.1. The predicted molar refractivity (Wildman–Crippen MR) is 121 cm³/mol. The Kier molecular flexibility index (Phi) is 5.75. The van der Waals surface area contributed by atoms with Crippen LogP contribution in [0.4, 0.5) is 0 Å². The third-order valence-electron chi connectivity index (χ3n) is 6.40. The summed E-state index contributed by atoms with van der Waals surface area (Å²) in [5, 5.41) is -0.870. The Morgan fingerprint density at radius 3 is 1.48 bits per heavy atom. The van der Waals surface area contributed by atoms with Crippen LogP contribution in [-0.2, 0) is 45.4 Å². The van der Waals surface area contributed by atoms with Crippen LogP contribution < -0.4 is 0 Å². The van der Waals surface area contributed by atoms with Gasteiger partial charge in [-0.2, -0.15) is 0 Å². The first-order valence-corrected chi connectivity index (χ1v) is 14.2. The zero-order chi connectivity index (χ0) is 22.6. The molecule has 2 heterocycles. The van der Waals surface area contributed by atoms with Crippen molar-refractivity contribution in [1.82, 2.24) is 9.97 Å². The molecule has 2 aromatic rings. The van der Waals surface area contributed by atoms with Crippen molar-refractivity contribution >= 4 is 19.7 Å². The van der Waals surface area contributed by atoms with Crippen molar-refractivity contribution in [3.8, 4) is 11.4 Å². The Bertz CT molecular complexity index is 1250. The minimum absolute atomic E-state index is 0.139. The molecule has 2 aliphatic carbocycles. The summed E-state index contributed by atoms with van der Waals surface area (Å²) in [7, 11) is -7.13. The average Bonchev–Trinajstić information content (AvgIpc) is 3.20. The van der Waals surface area contributed by atoms with E-state index in [0.717, 1.165) is 54.4 Å². The van der Waals surface area contributed by atoms with Gasteiger partial charge in [-0.3, -0.25) is 0 Å². The minimum atomic E-state index is -3.57. The van der Waals surface area contributed by atoms with Gasteiger partial charge in [-0.1, -0.05) is 0 Å². The Morgan fingerprint density at radius 2 is 1.03 bits per heavy atom. The molecule has 168 valence electrons. The number of hydrogen-bond donors (Lipinski definition) is 0. The summed E-state index contributed by atoms with van der Waals surface area (Å²) in [5.41, 5.74) is 4.51. The van der Waals surface area contributed by atoms with E-state index in [4.69, 9.17) is 0 Å². The fourth-order valence-electron chi connectivity index (χ4n) is 4.43. The number of aryl methyl sites for hydroxylation is 2. The summed E-state index contributed by atoms with van der Waals surface area (Å²) in [6, 6.07) is 3.83. The summed E-state index contributed by atoms with van der Waals surface area (Å²) >= 11 is 0. The molecule has 2 aromatic heterocycles. The lowest BCUT2D eigenvalue weighted by Gasteiger charge is -2.21. The molecule has 0 saturated heterocycles. The molecule has 0 aliphatic heterocycles. The van der Waals surface area contributed by atoms with E-state index in [9.17, 15) is 16.8 Å². The van der Waals surface area contributed by atoms with Gasteiger partial charge in [0, 0.05) is 0 Å². The standard InChI is InChI=1S/C23H30N2O4S2/c1-14(2)30(26,27)22-18-10-6-5-8-16(18)12-20(24-22)21-13-17-9-7-11-19(17)23(25-21)31(28,29)15(3)4/h12-15H,5-11H2,1-4H3. The number of pyridine rings is 2. The SMILES string of the molecule is CC(C)S(=O)(=O)c1nc(-c2cc3c(c(S(=O)(=O)C(C)C)n2)CCC3)cc2c1CCCC2. The van der Waals surface area contributed by atoms with Gasteiger partial charge in [0.2, 0.25) is 0 Å². The highest BCUT2D eigenvalue weighted by Crippen LogP contribution is 2.35. The van der Waals surface area contributed by atoms with Gasteiger partial charge in [0.05, 0.1) is 21.9 Å². The molecule has 0 aromatic carbocycles. The molecule has 0 atom stereocenters. The van der Waals surface area contributed by atoms with Gasteiger partial charge in [0.1, 0.15) is 0 Å². The monoisotopic (exact) mass is 462 g/mol. The molecule has 0 fully saturated rings. The summed E-state index contributed by atoms with van der Waals surface area (Å²) in [6.07, 6.45) is 5.85. The normalized spacial score (nSPS) is 16.6. The molecule has 0 amide bonds. The van der Waals surface area contributed by atoms with Crippen LogP contribution in [0.15, 0.2) is 22.2 Å². The first-order chi connectivity index (χ1) is 14.5. The fourth-order valence-corrected chi connectivity index (χ4v) is 6.93. The lowest BCUT2D eigenvalue weighted by Crippen LogP contribution is -2.21. The van der Waals surface area contributed by atoms with E-state index in [2.05, 4.69) is 9.97 Å². The number of sulfone groups is 2. The third kappa shape index (κ3) is 3.82. The second kappa shape index (κ2) is 7.96. The Labute approximate surface area is 185 Å². The van der Waals surface area contributed by atoms with E-state index in [0.29, 0.717) is 24.2 Å². The molecule has 2 aliphatic rings. The van der Waals surface area contributed by atoms with Crippen molar-refractivity contribution in [2.45, 2.75) is 93.2 Å². The molecule has 31 heavy (non-hydrogen) atoms. The predicted octanol–water partition coefficient (Wildman–Crippen LogP) is 3.88. The van der Waals surface area contributed by atoms with Gasteiger partial charge < -0.3 is 0 Å². The van der Waals surface area contributed by atoms with Crippen molar-refractivity contribution in [2.24, 2.45) is 0 Å². The molecule has 6 nitrogen and oxygen atoms in total. The van der Waals surface area contributed by atoms with E-state index >= 15 is 0 Å². The van der Waals surface area contributed by atoms with Crippen LogP contribution in [0, 0.1) is 0 Å². The van der Waals surface area contributed by atoms with Gasteiger partial charge in [-0.25, -0.2) is 26.8 Å². The van der Waals surface area contributed by atoms with E-state index in [1.165, 1.54) is 0 Å². The van der Waals surface area contributed by atoms with Crippen LogP contribution in [0.25, 0.3) is 11.4 Å². The molecular weight excluding hydrogens is 432 g/mol. The second-order valence-electron chi connectivity index (χ2n) is 9.15. The molecule has 0 N–H and O–H groups in total. The van der Waals surface area contributed by atoms with E-state index in [1.807, 2.05) is 12.1 Å². The topological polar surface area (TPSA) is 94.1 Å². The first-order valence-electron chi connectivity index (χ1n) is 11.1. The van der Waals surface area contributed by atoms with Crippen molar-refractivity contribution in [1.29, 1.82) is 0 Å². The molecule has 0 radical (unpaired) electrons. The molecule has 0 spiro atoms. The van der Waals surface area contributed by atoms with Crippen LogP contribution in [0.3, 0.4) is 0 Å². The quantitative estimate of drug-likeness (QED) is 0.669. The smallest absolute Gasteiger partial charge is 0.198 e. The maximum Gasteiger partial charge on any atom is 0.198 e. The second-order valence-corrected chi connectivity index (χ2v) is 14.0. The van der Waals surface area contributed by atoms with Gasteiger partial charge in [-0.15, -0.1) is 0 Å². The Balaban J connectivity index is 1.98. The summed E-state index contributed by atoms with van der Waals surface area (Å²) < 4.78 is 52.3. The lowest BCUT2D eigenvalue weighted by molar-refractivity contribution is 0.576. The Hall–Kier alpha value is -1.80. The van der Waals surface area contributed by atoms with Gasteiger partial charge in [-0.05, 0) is 107 Å². The third-order valence-corrected chi connectivity index (χ3v) is 10.6. The highest BCUT2D eigenvalue weighted by Gasteiger charge is 2.31. The van der Waals surface area contributed by atoms with Crippen molar-refractivity contribution < 1.29 is 16.8 Å². The highest BCUT2D eigenvalue weighted by atomic mass is 32.2. The number of hydrogen-bond acceptors (Lipinski definition) is 6. The lowest BCUT2D eigenvalue weighted by atomic mass is 9.92. The van der Waals surface area contributed by atoms with Crippen molar-refractivity contribution in [3.63, 3.8) is 0 Å². The van der Waals surface area contributed by atoms with Gasteiger partial charge in [0.25, 0.3) is 0 Å². The van der Waals surface area contributed by atoms with Crippen LogP contribution in [0.5, 0.6) is 0 Å². The Morgan fingerprint density at radius 1 is 0.645 bits per heavy atom. The molecule has 0 bridgehead atoms. The molecular formula is C23H30N2O4S2. The first kappa shape index (κ1) is 22.4. The van der Waals surface area contributed by atoms with E-state index in [1.54, 1.807) is 27.7 Å². The molecule has 0 unspecified atom stereocenters. The summed E-state index contributed by atoms with van der Waals surface area (Å²) in [5.74, 6) is 0. The largest absolute Gasteiger partial charge is 0.234 e. The molecule has 8 heteroatoms. The summed E-state index contributed by atoms with van der Waals surface area (Å²) in [6.45, 7) is 6.66. The number of rotatable bonds is 5. The van der Waals surface area contributed by atoms with Gasteiger partial charge >= 0.3 is 0 Å². The van der Waals surface area contributed by atoms with Crippen LogP contribution in [0.2, 0.25) is 0 Å². The number of aromatic nitrogens is 2. The van der Waals surface area contributed by atoms with Crippen LogP contribution in [-0.4, -0.2) is 37.3 Å². The number of fused-ring (bicyclic) bond motifs is 2. The van der Waals surface area contributed by atoms with E-state index < -0.39 is 30.2 Å². The van der Waals surface area contributed by atoms with Crippen molar-refractivity contribution in [2.75, 3.05) is 0 Å². The van der Waals surface area contributed by atoms with Crippen LogP contribution >= 0.6 is 0 Å². The zero-order valence-electron chi connectivity index (χ0n) is 18.6. The molecule has 4 rings (SSSR count). The van der Waals surface area contributed by atoms with Crippen molar-refractivity contribution in [3.05, 3.63) is 34.4 Å². The maximum absolute atomic E-state index is 13.1. The fraction of sp³-hybridized carbons (Fsp3) is 0.565. The summed E-state index contributed by atoms with van der Waals surface area (Å²) in [4.78, 5) is 9.18. The average molecular weight is 463 g/mol. The highest BCUT2D eigenvalue weighted by molar-refractivity contribution is 7.92. The molecule has 0 saturated carbocycles. The van der Waals surface area contributed by atoms with Crippen LogP contribution in [0.1, 0.15) is 69.2 Å². The van der Waals surface area contributed by atoms with E-state index in [-0.39, 0.29) is 10.1 Å².